The second-order valence-corrected chi connectivity index (χ2v) is 7.78. The van der Waals surface area contributed by atoms with E-state index in [0.717, 1.165) is 22.2 Å². The maximum Gasteiger partial charge on any atom is 0.293 e. The molecule has 0 saturated heterocycles. The zero-order valence-electron chi connectivity index (χ0n) is 18.1. The molecule has 5 rings (SSSR count). The summed E-state index contributed by atoms with van der Waals surface area (Å²) in [6.45, 7) is 2.03. The number of aromatic nitrogens is 3. The van der Waals surface area contributed by atoms with Gasteiger partial charge in [-0.2, -0.15) is 0 Å². The Bertz CT molecular complexity index is 1640. The number of hydrogen-bond donors (Lipinski definition) is 0. The number of nitro groups is 1. The van der Waals surface area contributed by atoms with E-state index in [1.807, 2.05) is 44.3 Å². The predicted octanol–water partition coefficient (Wildman–Crippen LogP) is 5.26. The quantitative estimate of drug-likeness (QED) is 0.284. The van der Waals surface area contributed by atoms with Gasteiger partial charge in [-0.15, -0.1) is 0 Å². The summed E-state index contributed by atoms with van der Waals surface area (Å²) in [4.78, 5) is 29.4. The minimum Gasteiger partial charge on any atom is -0.347 e. The van der Waals surface area contributed by atoms with Gasteiger partial charge in [0, 0.05) is 35.3 Å². The van der Waals surface area contributed by atoms with Crippen LogP contribution in [0.5, 0.6) is 0 Å². The van der Waals surface area contributed by atoms with Crippen molar-refractivity contribution in [3.05, 3.63) is 110 Å². The lowest BCUT2D eigenvalue weighted by atomic mass is 10.1. The van der Waals surface area contributed by atoms with Crippen LogP contribution in [0, 0.1) is 17.0 Å². The Morgan fingerprint density at radius 3 is 2.36 bits per heavy atom. The molecule has 0 spiro atoms. The monoisotopic (exact) mass is 436 g/mol. The van der Waals surface area contributed by atoms with Crippen LogP contribution in [0.4, 0.5) is 5.69 Å². The van der Waals surface area contributed by atoms with Crippen molar-refractivity contribution in [2.75, 3.05) is 0 Å². The number of nitrogens with zero attached hydrogens (tertiary/aromatic N) is 4. The highest BCUT2D eigenvalue weighted by Gasteiger charge is 2.20. The van der Waals surface area contributed by atoms with Crippen molar-refractivity contribution in [2.24, 2.45) is 7.05 Å². The summed E-state index contributed by atoms with van der Waals surface area (Å²) in [6.07, 6.45) is 3.67. The van der Waals surface area contributed by atoms with Gasteiger partial charge in [-0.1, -0.05) is 42.5 Å². The number of benzene rings is 3. The summed E-state index contributed by atoms with van der Waals surface area (Å²) in [7, 11) is 2.01. The minimum atomic E-state index is -0.487. The predicted molar refractivity (Wildman–Crippen MR) is 131 cm³/mol. The first-order valence-electron chi connectivity index (χ1n) is 10.4. The lowest BCUT2D eigenvalue weighted by Crippen LogP contribution is -2.23. The Labute approximate surface area is 189 Å². The third kappa shape index (κ3) is 3.30. The second-order valence-electron chi connectivity index (χ2n) is 7.78. The van der Waals surface area contributed by atoms with Crippen molar-refractivity contribution in [3.8, 4) is 5.69 Å². The Morgan fingerprint density at radius 1 is 0.909 bits per heavy atom. The topological polar surface area (TPSA) is 83.0 Å². The van der Waals surface area contributed by atoms with E-state index in [1.54, 1.807) is 42.5 Å². The maximum atomic E-state index is 13.5. The Balaban J connectivity index is 1.80. The molecule has 0 aliphatic heterocycles. The van der Waals surface area contributed by atoms with Crippen LogP contribution in [0.2, 0.25) is 0 Å². The van der Waals surface area contributed by atoms with Gasteiger partial charge in [0.05, 0.1) is 15.8 Å². The van der Waals surface area contributed by atoms with Gasteiger partial charge in [0.15, 0.2) is 0 Å². The van der Waals surface area contributed by atoms with Crippen LogP contribution in [0.15, 0.2) is 77.6 Å². The molecule has 0 saturated carbocycles. The second kappa shape index (κ2) is 7.87. The zero-order valence-corrected chi connectivity index (χ0v) is 18.1. The van der Waals surface area contributed by atoms with Gasteiger partial charge in [0.1, 0.15) is 11.5 Å². The fourth-order valence-corrected chi connectivity index (χ4v) is 4.22. The molecule has 0 bridgehead atoms. The van der Waals surface area contributed by atoms with E-state index in [0.29, 0.717) is 16.7 Å². The third-order valence-electron chi connectivity index (χ3n) is 5.97. The maximum absolute atomic E-state index is 13.5. The Kier molecular flexibility index (Phi) is 4.86. The van der Waals surface area contributed by atoms with Crippen molar-refractivity contribution in [1.82, 2.24) is 14.1 Å². The van der Waals surface area contributed by atoms with Crippen LogP contribution in [-0.2, 0) is 7.05 Å². The summed E-state index contributed by atoms with van der Waals surface area (Å²) in [5.41, 5.74) is 3.36. The first-order valence-corrected chi connectivity index (χ1v) is 10.4. The Morgan fingerprint density at radius 2 is 1.58 bits per heavy atom. The van der Waals surface area contributed by atoms with E-state index >= 15 is 0 Å². The molecular weight excluding hydrogens is 416 g/mol. The first kappa shape index (κ1) is 20.4. The highest BCUT2D eigenvalue weighted by atomic mass is 16.6. The van der Waals surface area contributed by atoms with Crippen LogP contribution in [-0.4, -0.2) is 19.0 Å². The summed E-state index contributed by atoms with van der Waals surface area (Å²) >= 11 is 0. The highest BCUT2D eigenvalue weighted by Crippen LogP contribution is 2.28. The molecule has 0 N–H and O–H groups in total. The number of aryl methyl sites for hydroxylation is 1. The number of nitro benzene ring substituents is 1. The van der Waals surface area contributed by atoms with Crippen molar-refractivity contribution in [1.29, 1.82) is 0 Å². The van der Waals surface area contributed by atoms with E-state index in [-0.39, 0.29) is 16.9 Å². The van der Waals surface area contributed by atoms with Crippen LogP contribution in [0.25, 0.3) is 39.6 Å². The van der Waals surface area contributed by atoms with Crippen molar-refractivity contribution >= 4 is 39.6 Å². The number of fused-ring (bicyclic) bond motifs is 2. The van der Waals surface area contributed by atoms with E-state index < -0.39 is 4.92 Å². The van der Waals surface area contributed by atoms with E-state index in [4.69, 9.17) is 4.98 Å². The normalized spacial score (nSPS) is 11.6. The number of para-hydroxylation sites is 4. The van der Waals surface area contributed by atoms with E-state index in [9.17, 15) is 14.9 Å². The molecule has 7 heteroatoms. The van der Waals surface area contributed by atoms with Crippen LogP contribution in [0.3, 0.4) is 0 Å². The molecule has 0 fully saturated rings. The molecule has 7 nitrogen and oxygen atoms in total. The molecule has 2 aromatic heterocycles. The minimum absolute atomic E-state index is 0.160. The lowest BCUT2D eigenvalue weighted by Gasteiger charge is -2.11. The highest BCUT2D eigenvalue weighted by molar-refractivity contribution is 5.93. The van der Waals surface area contributed by atoms with Crippen LogP contribution in [0.1, 0.15) is 17.1 Å². The van der Waals surface area contributed by atoms with Gasteiger partial charge in [-0.3, -0.25) is 19.5 Å². The smallest absolute Gasteiger partial charge is 0.293 e. The largest absolute Gasteiger partial charge is 0.347 e. The molecule has 0 aliphatic rings. The third-order valence-corrected chi connectivity index (χ3v) is 5.97. The molecule has 2 heterocycles. The molecular formula is C26H20N4O3. The van der Waals surface area contributed by atoms with Gasteiger partial charge < -0.3 is 4.57 Å². The average Bonchev–Trinajstić information content (AvgIpc) is 3.07. The van der Waals surface area contributed by atoms with Gasteiger partial charge in [0.2, 0.25) is 0 Å². The van der Waals surface area contributed by atoms with Crippen molar-refractivity contribution < 1.29 is 4.92 Å². The molecule has 0 unspecified atom stereocenters. The summed E-state index contributed by atoms with van der Waals surface area (Å²) in [5, 5.41) is 13.2. The zero-order chi connectivity index (χ0) is 23.1. The molecule has 0 radical (unpaired) electrons. The molecule has 0 aliphatic carbocycles. The van der Waals surface area contributed by atoms with Gasteiger partial charge in [0.25, 0.3) is 11.2 Å². The molecule has 0 atom stereocenters. The van der Waals surface area contributed by atoms with Gasteiger partial charge in [-0.05, 0) is 43.3 Å². The summed E-state index contributed by atoms with van der Waals surface area (Å²) in [6, 6.07) is 21.3. The molecule has 3 aromatic carbocycles. The van der Waals surface area contributed by atoms with E-state index in [1.165, 1.54) is 10.6 Å². The van der Waals surface area contributed by atoms with Crippen LogP contribution < -0.4 is 5.56 Å². The van der Waals surface area contributed by atoms with Crippen LogP contribution >= 0.6 is 0 Å². The summed E-state index contributed by atoms with van der Waals surface area (Å²) in [5.74, 6) is 0.320. The van der Waals surface area contributed by atoms with Gasteiger partial charge in [-0.25, -0.2) is 4.98 Å². The number of rotatable bonds is 4. The number of hydrogen-bond acceptors (Lipinski definition) is 4. The fourth-order valence-electron chi connectivity index (χ4n) is 4.22. The first-order chi connectivity index (χ1) is 16.0. The molecule has 33 heavy (non-hydrogen) atoms. The lowest BCUT2D eigenvalue weighted by molar-refractivity contribution is -0.384. The van der Waals surface area contributed by atoms with E-state index in [2.05, 4.69) is 10.6 Å². The van der Waals surface area contributed by atoms with Crippen molar-refractivity contribution in [2.45, 2.75) is 6.92 Å². The average molecular weight is 436 g/mol. The van der Waals surface area contributed by atoms with Crippen molar-refractivity contribution in [3.63, 3.8) is 0 Å². The summed E-state index contributed by atoms with van der Waals surface area (Å²) < 4.78 is 3.43. The molecule has 162 valence electrons. The fraction of sp³-hybridized carbons (Fsp3) is 0.0769. The standard InChI is InChI=1S/C26H20N4O3/c1-17-18(19-9-4-6-12-22(19)28(17)2)15-16-25-27-21-11-5-3-10-20(21)26(31)29(25)23-13-7-8-14-24(23)30(32)33/h3-16H,1-2H3/b16-15+. The Hall–Kier alpha value is -4.52. The molecule has 0 amide bonds. The van der Waals surface area contributed by atoms with Gasteiger partial charge >= 0.3 is 0 Å². The SMILES string of the molecule is Cc1c(/C=C/c2nc3ccccc3c(=O)n2-c2ccccc2[N+](=O)[O-])c2ccccc2n1C. The molecule has 5 aromatic rings.